The number of fused-ring (bicyclic) bond motifs is 1. The first-order chi connectivity index (χ1) is 16.3. The number of benzene rings is 2. The van der Waals surface area contributed by atoms with Crippen molar-refractivity contribution >= 4 is 21.4 Å². The lowest BCUT2D eigenvalue weighted by Gasteiger charge is -2.20. The number of ether oxygens (including phenoxy) is 3. The van der Waals surface area contributed by atoms with Gasteiger partial charge in [-0.15, -0.1) is 0 Å². The molecule has 1 saturated heterocycles. The fraction of sp³-hybridized carbons (Fsp3) is 0.455. The first-order valence-corrected chi connectivity index (χ1v) is 12.5. The van der Waals surface area contributed by atoms with Gasteiger partial charge in [0.1, 0.15) is 24.1 Å². The number of aliphatic hydroxyl groups is 1. The molecule has 0 aromatic heterocycles. The van der Waals surface area contributed by atoms with Gasteiger partial charge in [0.25, 0.3) is 5.69 Å². The zero-order chi connectivity index (χ0) is 24.1. The number of hydrogen-bond acceptors (Lipinski definition) is 9. The molecule has 2 aliphatic rings. The van der Waals surface area contributed by atoms with Crippen LogP contribution in [0, 0.1) is 10.1 Å². The van der Waals surface area contributed by atoms with Crippen molar-refractivity contribution in [1.29, 1.82) is 0 Å². The molecule has 2 heterocycles. The van der Waals surface area contributed by atoms with E-state index in [9.17, 15) is 23.6 Å². The number of rotatable bonds is 9. The van der Waals surface area contributed by atoms with Crippen LogP contribution in [-0.2, 0) is 10.0 Å². The molecule has 1 atom stereocenters. The summed E-state index contributed by atoms with van der Waals surface area (Å²) in [6, 6.07) is 8.81. The summed E-state index contributed by atoms with van der Waals surface area (Å²) in [5.41, 5.74) is -0.262. The molecule has 0 saturated carbocycles. The maximum absolute atomic E-state index is 13.0. The van der Waals surface area contributed by atoms with Crippen LogP contribution in [0.5, 0.6) is 17.2 Å². The van der Waals surface area contributed by atoms with Crippen molar-refractivity contribution in [3.63, 3.8) is 0 Å². The molecule has 12 heteroatoms. The molecular weight excluding hydrogens is 466 g/mol. The molecule has 0 aliphatic carbocycles. The third-order valence-electron chi connectivity index (χ3n) is 5.68. The number of nitro groups is 1. The van der Waals surface area contributed by atoms with Crippen molar-refractivity contribution in [1.82, 2.24) is 4.31 Å². The van der Waals surface area contributed by atoms with Gasteiger partial charge in [-0.1, -0.05) is 12.8 Å². The predicted molar refractivity (Wildman–Crippen MR) is 123 cm³/mol. The van der Waals surface area contributed by atoms with E-state index in [1.807, 2.05) is 0 Å². The van der Waals surface area contributed by atoms with E-state index in [2.05, 4.69) is 5.32 Å². The third-order valence-corrected chi connectivity index (χ3v) is 7.58. The van der Waals surface area contributed by atoms with Crippen LogP contribution < -0.4 is 19.5 Å². The molecule has 0 spiro atoms. The van der Waals surface area contributed by atoms with Crippen molar-refractivity contribution in [2.24, 2.45) is 0 Å². The van der Waals surface area contributed by atoms with Crippen LogP contribution in [-0.4, -0.2) is 61.9 Å². The largest absolute Gasteiger partial charge is 0.491 e. The van der Waals surface area contributed by atoms with Crippen LogP contribution in [0.4, 0.5) is 11.4 Å². The van der Waals surface area contributed by atoms with Crippen LogP contribution in [0.15, 0.2) is 41.3 Å². The van der Waals surface area contributed by atoms with E-state index in [0.29, 0.717) is 30.3 Å². The fourth-order valence-corrected chi connectivity index (χ4v) is 5.39. The fourth-order valence-electron chi connectivity index (χ4n) is 3.85. The normalized spacial score (nSPS) is 17.1. The van der Waals surface area contributed by atoms with E-state index in [0.717, 1.165) is 31.7 Å². The molecule has 2 aromatic carbocycles. The Hall–Kier alpha value is -3.09. The molecule has 0 radical (unpaired) electrons. The Morgan fingerprint density at radius 3 is 2.56 bits per heavy atom. The van der Waals surface area contributed by atoms with Gasteiger partial charge in [-0.3, -0.25) is 10.1 Å². The highest BCUT2D eigenvalue weighted by atomic mass is 32.2. The third kappa shape index (κ3) is 5.51. The lowest BCUT2D eigenvalue weighted by molar-refractivity contribution is -0.384. The number of nitro benzene ring substituents is 1. The van der Waals surface area contributed by atoms with E-state index in [-0.39, 0.29) is 36.2 Å². The minimum atomic E-state index is -3.82. The number of anilines is 1. The van der Waals surface area contributed by atoms with Crippen molar-refractivity contribution in [3.8, 4) is 17.2 Å². The van der Waals surface area contributed by atoms with Crippen molar-refractivity contribution in [2.45, 2.75) is 36.7 Å². The number of hydrogen-bond donors (Lipinski definition) is 2. The second-order valence-electron chi connectivity index (χ2n) is 8.12. The second kappa shape index (κ2) is 10.5. The topological polar surface area (TPSA) is 140 Å². The van der Waals surface area contributed by atoms with E-state index >= 15 is 0 Å². The molecule has 4 rings (SSSR count). The standard InChI is InChI=1S/C22H27N3O8S/c26-16(14-31-17-5-8-21-22(11-17)33-15-32-21)13-23-19-7-6-18(12-20(19)25(27)28)34(29,30)24-9-3-1-2-4-10-24/h5-8,11-12,16,23,26H,1-4,9-10,13-15H2. The van der Waals surface area contributed by atoms with Gasteiger partial charge in [0.2, 0.25) is 16.8 Å². The van der Waals surface area contributed by atoms with Crippen molar-refractivity contribution in [2.75, 3.05) is 38.4 Å². The summed E-state index contributed by atoms with van der Waals surface area (Å²) in [7, 11) is -3.82. The van der Waals surface area contributed by atoms with Crippen LogP contribution in [0.2, 0.25) is 0 Å². The molecule has 2 N–H and O–H groups in total. The van der Waals surface area contributed by atoms with Gasteiger partial charge in [0.15, 0.2) is 11.5 Å². The summed E-state index contributed by atoms with van der Waals surface area (Å²) in [5.74, 6) is 1.65. The molecule has 11 nitrogen and oxygen atoms in total. The highest BCUT2D eigenvalue weighted by Crippen LogP contribution is 2.35. The molecule has 1 unspecified atom stereocenters. The van der Waals surface area contributed by atoms with Crippen molar-refractivity contribution < 1.29 is 32.7 Å². The summed E-state index contributed by atoms with van der Waals surface area (Å²) < 4.78 is 43.4. The number of aliphatic hydroxyl groups excluding tert-OH is 1. The van der Waals surface area contributed by atoms with E-state index in [1.165, 1.54) is 16.4 Å². The van der Waals surface area contributed by atoms with Gasteiger partial charge in [0.05, 0.1) is 9.82 Å². The Balaban J connectivity index is 1.39. The quantitative estimate of drug-likeness (QED) is 0.398. The number of nitrogens with one attached hydrogen (secondary N) is 1. The van der Waals surface area contributed by atoms with E-state index < -0.39 is 21.1 Å². The Morgan fingerprint density at radius 2 is 1.82 bits per heavy atom. The maximum atomic E-state index is 13.0. The molecule has 2 aromatic rings. The van der Waals surface area contributed by atoms with Gasteiger partial charge in [-0.25, -0.2) is 8.42 Å². The van der Waals surface area contributed by atoms with Crippen LogP contribution in [0.3, 0.4) is 0 Å². The highest BCUT2D eigenvalue weighted by Gasteiger charge is 2.28. The lowest BCUT2D eigenvalue weighted by Crippen LogP contribution is -2.32. The molecule has 184 valence electrons. The van der Waals surface area contributed by atoms with E-state index in [4.69, 9.17) is 14.2 Å². The summed E-state index contributed by atoms with van der Waals surface area (Å²) >= 11 is 0. The summed E-state index contributed by atoms with van der Waals surface area (Å²) in [6.45, 7) is 0.852. The Bertz CT molecular complexity index is 1130. The minimum Gasteiger partial charge on any atom is -0.491 e. The second-order valence-corrected chi connectivity index (χ2v) is 10.1. The molecule has 0 amide bonds. The molecule has 2 aliphatic heterocycles. The SMILES string of the molecule is O=[N+]([O-])c1cc(S(=O)(=O)N2CCCCCC2)ccc1NCC(O)COc1ccc2c(c1)OCO2. The number of nitrogens with zero attached hydrogens (tertiary/aromatic N) is 2. The number of sulfonamides is 1. The van der Waals surface area contributed by atoms with Crippen molar-refractivity contribution in [3.05, 3.63) is 46.5 Å². The zero-order valence-electron chi connectivity index (χ0n) is 18.5. The average Bonchev–Trinajstić information content (AvgIpc) is 3.11. The van der Waals surface area contributed by atoms with Crippen LogP contribution >= 0.6 is 0 Å². The molecule has 1 fully saturated rings. The van der Waals surface area contributed by atoms with Gasteiger partial charge in [0, 0.05) is 31.8 Å². The van der Waals surface area contributed by atoms with Gasteiger partial charge in [-0.05, 0) is 37.1 Å². The maximum Gasteiger partial charge on any atom is 0.293 e. The molecule has 34 heavy (non-hydrogen) atoms. The lowest BCUT2D eigenvalue weighted by atomic mass is 10.2. The van der Waals surface area contributed by atoms with Gasteiger partial charge < -0.3 is 24.6 Å². The summed E-state index contributed by atoms with van der Waals surface area (Å²) in [4.78, 5) is 10.9. The minimum absolute atomic E-state index is 0.0381. The Morgan fingerprint density at radius 1 is 1.09 bits per heavy atom. The highest BCUT2D eigenvalue weighted by molar-refractivity contribution is 7.89. The van der Waals surface area contributed by atoms with Gasteiger partial charge in [-0.2, -0.15) is 4.31 Å². The Labute approximate surface area is 197 Å². The molecule has 0 bridgehead atoms. The first-order valence-electron chi connectivity index (χ1n) is 11.1. The van der Waals surface area contributed by atoms with E-state index in [1.54, 1.807) is 18.2 Å². The summed E-state index contributed by atoms with van der Waals surface area (Å²) in [6.07, 6.45) is 2.50. The average molecular weight is 494 g/mol. The van der Waals surface area contributed by atoms with Crippen LogP contribution in [0.25, 0.3) is 0 Å². The smallest absolute Gasteiger partial charge is 0.293 e. The predicted octanol–water partition coefficient (Wildman–Crippen LogP) is 2.74. The summed E-state index contributed by atoms with van der Waals surface area (Å²) in [5, 5.41) is 24.7. The zero-order valence-corrected chi connectivity index (χ0v) is 19.3. The van der Waals surface area contributed by atoms with Crippen LogP contribution in [0.1, 0.15) is 25.7 Å². The van der Waals surface area contributed by atoms with Gasteiger partial charge >= 0.3 is 0 Å². The monoisotopic (exact) mass is 493 g/mol. The Kier molecular flexibility index (Phi) is 7.39. The first kappa shape index (κ1) is 24.0. The molecular formula is C22H27N3O8S.